The van der Waals surface area contributed by atoms with Gasteiger partial charge in [-0.15, -0.1) is 0 Å². The van der Waals surface area contributed by atoms with E-state index in [1.807, 2.05) is 25.7 Å². The molecule has 0 aromatic rings. The van der Waals surface area contributed by atoms with Crippen LogP contribution >= 0.6 is 0 Å². The number of hydrogen-bond donors (Lipinski definition) is 0. The topological polar surface area (TPSA) is 32.8 Å². The fraction of sp³-hybridized carbons (Fsp3) is 0.929. The van der Waals surface area contributed by atoms with Crippen LogP contribution in [0.3, 0.4) is 0 Å². The van der Waals surface area contributed by atoms with Crippen LogP contribution in [0.5, 0.6) is 0 Å². The van der Waals surface area contributed by atoms with Crippen LogP contribution in [0.25, 0.3) is 0 Å². The molecule has 4 nitrogen and oxygen atoms in total. The van der Waals surface area contributed by atoms with Crippen LogP contribution in [-0.2, 0) is 4.74 Å². The molecule has 2 heterocycles. The van der Waals surface area contributed by atoms with Crippen molar-refractivity contribution in [2.24, 2.45) is 0 Å². The molecule has 0 saturated carbocycles. The summed E-state index contributed by atoms with van der Waals surface area (Å²) in [5.41, 5.74) is -0.394. The highest BCUT2D eigenvalue weighted by atomic mass is 16.6. The minimum Gasteiger partial charge on any atom is -0.444 e. The summed E-state index contributed by atoms with van der Waals surface area (Å²) < 4.78 is 5.53. The Morgan fingerprint density at radius 3 is 2.06 bits per heavy atom. The number of nitrogens with zero attached hydrogens (tertiary/aromatic N) is 2. The normalized spacial score (nSPS) is 31.9. The molecular formula is C14H26N2O2. The molecule has 2 rings (SSSR count). The van der Waals surface area contributed by atoms with Crippen LogP contribution in [-0.4, -0.2) is 53.7 Å². The standard InChI is InChI=1S/C14H26N2O2/c1-14(2,3)18-13(17)16-10-6-7-11(16)9-12(8-10)15(4)5/h10-12H,6-9H2,1-5H3/t10-,11+,12-. The highest BCUT2D eigenvalue weighted by Crippen LogP contribution is 2.37. The van der Waals surface area contributed by atoms with E-state index in [2.05, 4.69) is 19.0 Å². The molecule has 3 atom stereocenters. The van der Waals surface area contributed by atoms with Crippen LogP contribution < -0.4 is 0 Å². The van der Waals surface area contributed by atoms with E-state index < -0.39 is 5.60 Å². The van der Waals surface area contributed by atoms with Crippen molar-refractivity contribution in [2.75, 3.05) is 14.1 Å². The Kier molecular flexibility index (Phi) is 3.58. The van der Waals surface area contributed by atoms with Crippen molar-refractivity contribution in [1.29, 1.82) is 0 Å². The Hall–Kier alpha value is -0.770. The van der Waals surface area contributed by atoms with E-state index in [4.69, 9.17) is 4.74 Å². The number of fused-ring (bicyclic) bond motifs is 2. The van der Waals surface area contributed by atoms with E-state index in [1.165, 1.54) is 0 Å². The molecule has 0 spiro atoms. The highest BCUT2D eigenvalue weighted by Gasteiger charge is 2.45. The van der Waals surface area contributed by atoms with E-state index in [1.54, 1.807) is 0 Å². The van der Waals surface area contributed by atoms with E-state index in [9.17, 15) is 4.79 Å². The molecule has 4 heteroatoms. The Balaban J connectivity index is 2.02. The summed E-state index contributed by atoms with van der Waals surface area (Å²) in [5.74, 6) is 0. The van der Waals surface area contributed by atoms with Crippen molar-refractivity contribution < 1.29 is 9.53 Å². The molecule has 0 aromatic carbocycles. The molecule has 0 N–H and O–H groups in total. The second-order valence-corrected chi connectivity index (χ2v) is 6.86. The van der Waals surface area contributed by atoms with Crippen LogP contribution in [0.1, 0.15) is 46.5 Å². The Morgan fingerprint density at radius 2 is 1.67 bits per heavy atom. The van der Waals surface area contributed by atoms with Crippen LogP contribution in [0.4, 0.5) is 4.79 Å². The van der Waals surface area contributed by atoms with Crippen LogP contribution in [0.2, 0.25) is 0 Å². The molecule has 2 aliphatic rings. The fourth-order valence-electron chi connectivity index (χ4n) is 3.18. The number of rotatable bonds is 1. The molecular weight excluding hydrogens is 228 g/mol. The second-order valence-electron chi connectivity index (χ2n) is 6.86. The summed E-state index contributed by atoms with van der Waals surface area (Å²) in [6.07, 6.45) is 4.32. The second kappa shape index (κ2) is 4.72. The van der Waals surface area contributed by atoms with Crippen LogP contribution in [0.15, 0.2) is 0 Å². The first kappa shape index (κ1) is 13.7. The SMILES string of the molecule is CN(C)[C@@H]1C[C@H]2CC[C@@H](C1)N2C(=O)OC(C)(C)C. The number of carbonyl (C=O) groups excluding carboxylic acids is 1. The molecule has 18 heavy (non-hydrogen) atoms. The van der Waals surface area contributed by atoms with Gasteiger partial charge >= 0.3 is 6.09 Å². The van der Waals surface area contributed by atoms with E-state index in [0.29, 0.717) is 18.1 Å². The van der Waals surface area contributed by atoms with Crippen molar-refractivity contribution in [3.63, 3.8) is 0 Å². The molecule has 2 fully saturated rings. The van der Waals surface area contributed by atoms with Crippen molar-refractivity contribution in [1.82, 2.24) is 9.80 Å². The van der Waals surface area contributed by atoms with Gasteiger partial charge < -0.3 is 14.5 Å². The van der Waals surface area contributed by atoms with E-state index in [0.717, 1.165) is 25.7 Å². The first-order valence-electron chi connectivity index (χ1n) is 6.95. The van der Waals surface area contributed by atoms with Gasteiger partial charge in [-0.3, -0.25) is 0 Å². The van der Waals surface area contributed by atoms with Crippen molar-refractivity contribution >= 4 is 6.09 Å². The third-order valence-corrected chi connectivity index (χ3v) is 4.04. The molecule has 2 saturated heterocycles. The Bertz CT molecular complexity index is 308. The lowest BCUT2D eigenvalue weighted by atomic mass is 9.97. The zero-order chi connectivity index (χ0) is 13.5. The van der Waals surface area contributed by atoms with Gasteiger partial charge in [0.15, 0.2) is 0 Å². The number of amides is 1. The summed E-state index contributed by atoms with van der Waals surface area (Å²) in [5, 5.41) is 0. The lowest BCUT2D eigenvalue weighted by Crippen LogP contribution is -2.52. The summed E-state index contributed by atoms with van der Waals surface area (Å²) >= 11 is 0. The molecule has 0 aromatic heterocycles. The van der Waals surface area contributed by atoms with Crippen molar-refractivity contribution in [2.45, 2.75) is 70.2 Å². The fourth-order valence-corrected chi connectivity index (χ4v) is 3.18. The van der Waals surface area contributed by atoms with Crippen LogP contribution in [0, 0.1) is 0 Å². The van der Waals surface area contributed by atoms with Gasteiger partial charge in [-0.25, -0.2) is 4.79 Å². The molecule has 104 valence electrons. The summed E-state index contributed by atoms with van der Waals surface area (Å²) in [4.78, 5) is 16.5. The minimum atomic E-state index is -0.394. The molecule has 2 bridgehead atoms. The average Bonchev–Trinajstić information content (AvgIpc) is 2.47. The highest BCUT2D eigenvalue weighted by molar-refractivity contribution is 5.69. The van der Waals surface area contributed by atoms with Crippen molar-refractivity contribution in [3.8, 4) is 0 Å². The number of hydrogen-bond acceptors (Lipinski definition) is 3. The summed E-state index contributed by atoms with van der Waals surface area (Å²) in [6.45, 7) is 5.79. The smallest absolute Gasteiger partial charge is 0.410 e. The maximum atomic E-state index is 12.2. The molecule has 1 amide bonds. The lowest BCUT2D eigenvalue weighted by molar-refractivity contribution is -0.000588. The van der Waals surface area contributed by atoms with Gasteiger partial charge in [-0.1, -0.05) is 0 Å². The minimum absolute atomic E-state index is 0.118. The molecule has 0 radical (unpaired) electrons. The maximum absolute atomic E-state index is 12.2. The van der Waals surface area contributed by atoms with Gasteiger partial charge in [0, 0.05) is 18.1 Å². The number of ether oxygens (including phenoxy) is 1. The quantitative estimate of drug-likeness (QED) is 0.720. The summed E-state index contributed by atoms with van der Waals surface area (Å²) in [7, 11) is 4.26. The molecule has 0 aliphatic carbocycles. The first-order valence-corrected chi connectivity index (χ1v) is 6.95. The molecule has 0 unspecified atom stereocenters. The van der Waals surface area contributed by atoms with Gasteiger partial charge in [-0.2, -0.15) is 0 Å². The van der Waals surface area contributed by atoms with E-state index >= 15 is 0 Å². The van der Waals surface area contributed by atoms with E-state index in [-0.39, 0.29) is 6.09 Å². The lowest BCUT2D eigenvalue weighted by Gasteiger charge is -2.41. The predicted octanol–water partition coefficient (Wildman–Crippen LogP) is 2.48. The average molecular weight is 254 g/mol. The van der Waals surface area contributed by atoms with Gasteiger partial charge in [-0.05, 0) is 60.5 Å². The van der Waals surface area contributed by atoms with Crippen molar-refractivity contribution in [3.05, 3.63) is 0 Å². The zero-order valence-electron chi connectivity index (χ0n) is 12.3. The Labute approximate surface area is 110 Å². The van der Waals surface area contributed by atoms with Gasteiger partial charge in [0.1, 0.15) is 5.60 Å². The Morgan fingerprint density at radius 1 is 1.17 bits per heavy atom. The molecule has 2 aliphatic heterocycles. The third-order valence-electron chi connectivity index (χ3n) is 4.04. The maximum Gasteiger partial charge on any atom is 0.410 e. The monoisotopic (exact) mass is 254 g/mol. The largest absolute Gasteiger partial charge is 0.444 e. The summed E-state index contributed by atoms with van der Waals surface area (Å²) in [6, 6.07) is 1.37. The number of piperidine rings is 1. The first-order chi connectivity index (χ1) is 8.28. The number of carbonyl (C=O) groups is 1. The third kappa shape index (κ3) is 2.79. The van der Waals surface area contributed by atoms with Gasteiger partial charge in [0.25, 0.3) is 0 Å². The van der Waals surface area contributed by atoms with Gasteiger partial charge in [0.2, 0.25) is 0 Å². The predicted molar refractivity (Wildman–Crippen MR) is 71.6 cm³/mol. The van der Waals surface area contributed by atoms with Gasteiger partial charge in [0.05, 0.1) is 0 Å². The zero-order valence-corrected chi connectivity index (χ0v) is 12.3.